The molecule has 0 aliphatic carbocycles. The summed E-state index contributed by atoms with van der Waals surface area (Å²) in [5.74, 6) is 0. The van der Waals surface area contributed by atoms with Gasteiger partial charge < -0.3 is 10.2 Å². The quantitative estimate of drug-likeness (QED) is 0.585. The fraction of sp³-hybridized carbons (Fsp3) is 0.875. The van der Waals surface area contributed by atoms with Gasteiger partial charge in [0.25, 0.3) is 0 Å². The first kappa shape index (κ1) is 7.86. The second-order valence-electron chi connectivity index (χ2n) is 3.55. The Hall–Kier alpha value is -0.770. The predicted molar refractivity (Wildman–Crippen MR) is 45.7 cm³/mol. The van der Waals surface area contributed by atoms with Gasteiger partial charge in [-0.25, -0.2) is 4.79 Å². The van der Waals surface area contributed by atoms with Crippen LogP contribution in [0.25, 0.3) is 0 Å². The summed E-state index contributed by atoms with van der Waals surface area (Å²) in [6.07, 6.45) is 2.56. The Morgan fingerprint density at radius 2 is 2.42 bits per heavy atom. The maximum absolute atomic E-state index is 11.3. The summed E-state index contributed by atoms with van der Waals surface area (Å²) < 4.78 is 0. The molecule has 2 heterocycles. The predicted octanol–water partition coefficient (Wildman–Crippen LogP) is 0.110. The first-order chi connectivity index (χ1) is 5.79. The molecule has 0 aromatic rings. The lowest BCUT2D eigenvalue weighted by atomic mass is 10.2. The highest BCUT2D eigenvalue weighted by molar-refractivity contribution is 5.77. The van der Waals surface area contributed by atoms with E-state index in [2.05, 4.69) is 17.6 Å². The summed E-state index contributed by atoms with van der Waals surface area (Å²) in [5.41, 5.74) is 0. The molecule has 4 heteroatoms. The zero-order valence-electron chi connectivity index (χ0n) is 7.34. The number of nitrogens with one attached hydrogen (secondary N) is 2. The lowest BCUT2D eigenvalue weighted by Crippen LogP contribution is -2.46. The maximum atomic E-state index is 11.3. The average molecular weight is 169 g/mol. The summed E-state index contributed by atoms with van der Waals surface area (Å²) in [7, 11) is 0. The maximum Gasteiger partial charge on any atom is 0.319 e. The Bertz CT molecular complexity index is 189. The highest BCUT2D eigenvalue weighted by Crippen LogP contribution is 2.16. The van der Waals surface area contributed by atoms with Crippen molar-refractivity contribution < 1.29 is 4.79 Å². The van der Waals surface area contributed by atoms with E-state index in [-0.39, 0.29) is 12.2 Å². The van der Waals surface area contributed by atoms with Crippen LogP contribution < -0.4 is 10.6 Å². The van der Waals surface area contributed by atoms with Crippen molar-refractivity contribution in [2.75, 3.05) is 13.1 Å². The third-order valence-electron chi connectivity index (χ3n) is 2.63. The molecule has 2 rings (SSSR count). The highest BCUT2D eigenvalue weighted by atomic mass is 16.2. The van der Waals surface area contributed by atoms with Crippen LogP contribution in [0.4, 0.5) is 4.79 Å². The lowest BCUT2D eigenvalue weighted by molar-refractivity contribution is 0.173. The number of rotatable bonds is 1. The molecule has 0 radical (unpaired) electrons. The number of hydrogen-bond donors (Lipinski definition) is 2. The van der Waals surface area contributed by atoms with Crippen molar-refractivity contribution in [2.24, 2.45) is 0 Å². The molecular formula is C8H15N3O. The van der Waals surface area contributed by atoms with Gasteiger partial charge in [0.1, 0.15) is 0 Å². The van der Waals surface area contributed by atoms with Crippen LogP contribution in [0.15, 0.2) is 0 Å². The first-order valence-electron chi connectivity index (χ1n) is 4.58. The van der Waals surface area contributed by atoms with Crippen LogP contribution in [0.3, 0.4) is 0 Å². The van der Waals surface area contributed by atoms with Crippen LogP contribution in [-0.2, 0) is 0 Å². The van der Waals surface area contributed by atoms with Gasteiger partial charge >= 0.3 is 6.03 Å². The summed E-state index contributed by atoms with van der Waals surface area (Å²) in [5, 5.41) is 6.17. The van der Waals surface area contributed by atoms with E-state index in [1.807, 2.05) is 4.90 Å². The van der Waals surface area contributed by atoms with Gasteiger partial charge in [-0.3, -0.25) is 5.32 Å². The third-order valence-corrected chi connectivity index (χ3v) is 2.63. The smallest absolute Gasteiger partial charge is 0.319 e. The molecule has 4 nitrogen and oxygen atoms in total. The largest absolute Gasteiger partial charge is 0.336 e. The van der Waals surface area contributed by atoms with Crippen molar-refractivity contribution >= 4 is 6.03 Å². The second-order valence-corrected chi connectivity index (χ2v) is 3.55. The van der Waals surface area contributed by atoms with Crippen molar-refractivity contribution in [3.63, 3.8) is 0 Å². The monoisotopic (exact) mass is 169 g/mol. The van der Waals surface area contributed by atoms with Gasteiger partial charge in [0.2, 0.25) is 0 Å². The van der Waals surface area contributed by atoms with Crippen LogP contribution in [0, 0.1) is 0 Å². The molecule has 0 saturated carbocycles. The Morgan fingerprint density at radius 3 is 2.92 bits per heavy atom. The minimum absolute atomic E-state index is 0.0851. The molecule has 2 saturated heterocycles. The van der Waals surface area contributed by atoms with Crippen LogP contribution in [0.1, 0.15) is 19.8 Å². The van der Waals surface area contributed by atoms with Crippen LogP contribution >= 0.6 is 0 Å². The normalized spacial score (nSPS) is 35.8. The number of carbonyl (C=O) groups is 1. The fourth-order valence-electron chi connectivity index (χ4n) is 1.98. The van der Waals surface area contributed by atoms with Gasteiger partial charge in [0.15, 0.2) is 0 Å². The number of nitrogens with zero attached hydrogens (tertiary/aromatic N) is 1. The van der Waals surface area contributed by atoms with E-state index in [9.17, 15) is 4.79 Å². The van der Waals surface area contributed by atoms with Gasteiger partial charge in [0, 0.05) is 12.6 Å². The zero-order chi connectivity index (χ0) is 8.55. The van der Waals surface area contributed by atoms with Gasteiger partial charge in [-0.2, -0.15) is 0 Å². The van der Waals surface area contributed by atoms with Crippen molar-refractivity contribution in [1.29, 1.82) is 0 Å². The Labute approximate surface area is 72.3 Å². The van der Waals surface area contributed by atoms with E-state index in [1.165, 1.54) is 6.42 Å². The second kappa shape index (κ2) is 2.94. The molecule has 2 amide bonds. The number of amides is 2. The molecule has 0 aromatic heterocycles. The zero-order valence-corrected chi connectivity index (χ0v) is 7.34. The minimum Gasteiger partial charge on any atom is -0.336 e. The van der Waals surface area contributed by atoms with E-state index in [0.717, 1.165) is 19.5 Å². The SMILES string of the molecule is CC1CNC(=O)N1C1CCCN1. The molecule has 2 aliphatic rings. The average Bonchev–Trinajstić information content (AvgIpc) is 2.61. The Balaban J connectivity index is 2.04. The minimum atomic E-state index is 0.0851. The molecule has 2 fully saturated rings. The summed E-state index contributed by atoms with van der Waals surface area (Å²) in [6.45, 7) is 3.91. The van der Waals surface area contributed by atoms with Crippen LogP contribution in [0.5, 0.6) is 0 Å². The summed E-state index contributed by atoms with van der Waals surface area (Å²) in [4.78, 5) is 13.3. The Kier molecular flexibility index (Phi) is 1.92. The van der Waals surface area contributed by atoms with E-state index >= 15 is 0 Å². The fourth-order valence-corrected chi connectivity index (χ4v) is 1.98. The first-order valence-corrected chi connectivity index (χ1v) is 4.58. The van der Waals surface area contributed by atoms with Gasteiger partial charge in [-0.1, -0.05) is 0 Å². The number of hydrogen-bond acceptors (Lipinski definition) is 2. The van der Waals surface area contributed by atoms with Crippen molar-refractivity contribution in [2.45, 2.75) is 32.0 Å². The van der Waals surface area contributed by atoms with E-state index in [0.29, 0.717) is 6.04 Å². The molecule has 0 bridgehead atoms. The topological polar surface area (TPSA) is 44.4 Å². The highest BCUT2D eigenvalue weighted by Gasteiger charge is 2.34. The van der Waals surface area contributed by atoms with E-state index < -0.39 is 0 Å². The van der Waals surface area contributed by atoms with E-state index in [1.54, 1.807) is 0 Å². The summed E-state index contributed by atoms with van der Waals surface area (Å²) in [6, 6.07) is 0.426. The molecule has 2 unspecified atom stereocenters. The molecule has 68 valence electrons. The molecule has 2 N–H and O–H groups in total. The summed E-state index contributed by atoms with van der Waals surface area (Å²) >= 11 is 0. The number of urea groups is 1. The standard InChI is InChI=1S/C8H15N3O/c1-6-5-10-8(12)11(6)7-3-2-4-9-7/h6-7,9H,2-5H2,1H3,(H,10,12). The molecule has 12 heavy (non-hydrogen) atoms. The van der Waals surface area contributed by atoms with Crippen LogP contribution in [-0.4, -0.2) is 36.2 Å². The van der Waals surface area contributed by atoms with Crippen LogP contribution in [0.2, 0.25) is 0 Å². The number of carbonyl (C=O) groups excluding carboxylic acids is 1. The van der Waals surface area contributed by atoms with Gasteiger partial charge in [-0.15, -0.1) is 0 Å². The Morgan fingerprint density at radius 1 is 1.58 bits per heavy atom. The van der Waals surface area contributed by atoms with E-state index in [4.69, 9.17) is 0 Å². The van der Waals surface area contributed by atoms with Gasteiger partial charge in [0.05, 0.1) is 6.17 Å². The van der Waals surface area contributed by atoms with Crippen molar-refractivity contribution in [3.05, 3.63) is 0 Å². The molecule has 2 aliphatic heterocycles. The molecule has 0 spiro atoms. The molecule has 2 atom stereocenters. The third kappa shape index (κ3) is 1.16. The van der Waals surface area contributed by atoms with Crippen molar-refractivity contribution in [1.82, 2.24) is 15.5 Å². The van der Waals surface area contributed by atoms with Gasteiger partial charge in [-0.05, 0) is 26.3 Å². The molecular weight excluding hydrogens is 154 g/mol. The van der Waals surface area contributed by atoms with Crippen molar-refractivity contribution in [3.8, 4) is 0 Å². The lowest BCUT2D eigenvalue weighted by Gasteiger charge is -2.26. The molecule has 0 aromatic carbocycles.